The lowest BCUT2D eigenvalue weighted by Gasteiger charge is -2.35. The Bertz CT molecular complexity index is 295. The van der Waals surface area contributed by atoms with Gasteiger partial charge in [-0.25, -0.2) is 0 Å². The van der Waals surface area contributed by atoms with Crippen molar-refractivity contribution in [3.05, 3.63) is 0 Å². The predicted octanol–water partition coefficient (Wildman–Crippen LogP) is 1.50. The summed E-state index contributed by atoms with van der Waals surface area (Å²) in [6.07, 6.45) is 6.50. The van der Waals surface area contributed by atoms with Gasteiger partial charge in [-0.15, -0.1) is 0 Å². The Labute approximate surface area is 123 Å². The molecule has 116 valence electrons. The van der Waals surface area contributed by atoms with E-state index >= 15 is 0 Å². The number of rotatable bonds is 7. The maximum absolute atomic E-state index is 5.71. The summed E-state index contributed by atoms with van der Waals surface area (Å²) < 4.78 is 11.3. The van der Waals surface area contributed by atoms with Crippen LogP contribution in [0.15, 0.2) is 0 Å². The first-order valence-corrected chi connectivity index (χ1v) is 8.33. The second-order valence-corrected chi connectivity index (χ2v) is 7.24. The third kappa shape index (κ3) is 4.17. The molecule has 0 radical (unpaired) electrons. The van der Waals surface area contributed by atoms with Crippen molar-refractivity contribution in [2.45, 2.75) is 38.1 Å². The third-order valence-corrected chi connectivity index (χ3v) is 4.96. The number of hydrogen-bond acceptors (Lipinski definition) is 4. The van der Waals surface area contributed by atoms with E-state index in [1.807, 2.05) is 0 Å². The molecular formula is C16H30N2O2. The van der Waals surface area contributed by atoms with Gasteiger partial charge in [0, 0.05) is 44.3 Å². The van der Waals surface area contributed by atoms with E-state index in [1.54, 1.807) is 0 Å². The summed E-state index contributed by atoms with van der Waals surface area (Å²) in [5.41, 5.74) is 0.340. The molecule has 1 saturated carbocycles. The molecule has 0 amide bonds. The molecule has 3 fully saturated rings. The van der Waals surface area contributed by atoms with Gasteiger partial charge >= 0.3 is 0 Å². The molecule has 4 nitrogen and oxygen atoms in total. The average Bonchev–Trinajstić information content (AvgIpc) is 3.18. The number of nitrogens with zero attached hydrogens (tertiary/aromatic N) is 1. The summed E-state index contributed by atoms with van der Waals surface area (Å²) in [6.45, 7) is 7.24. The van der Waals surface area contributed by atoms with Gasteiger partial charge in [0.15, 0.2) is 0 Å². The van der Waals surface area contributed by atoms with E-state index in [-0.39, 0.29) is 0 Å². The molecule has 2 unspecified atom stereocenters. The van der Waals surface area contributed by atoms with Crippen LogP contribution in [0.5, 0.6) is 0 Å². The quantitative estimate of drug-likeness (QED) is 0.767. The van der Waals surface area contributed by atoms with Gasteiger partial charge in [-0.1, -0.05) is 0 Å². The SMILES string of the molecule is CN(CC1CCCOC1)CC1(CNC2CC2)CCOC1. The van der Waals surface area contributed by atoms with Gasteiger partial charge in [-0.3, -0.25) is 0 Å². The highest BCUT2D eigenvalue weighted by Gasteiger charge is 2.37. The van der Waals surface area contributed by atoms with Crippen molar-refractivity contribution in [1.82, 2.24) is 10.2 Å². The standard InChI is InChI=1S/C16H30N2O2/c1-18(9-14-3-2-7-19-10-14)12-16(6-8-20-13-16)11-17-15-4-5-15/h14-15,17H,2-13H2,1H3. The molecule has 1 N–H and O–H groups in total. The Balaban J connectivity index is 1.46. The van der Waals surface area contributed by atoms with E-state index < -0.39 is 0 Å². The van der Waals surface area contributed by atoms with Gasteiger partial charge in [-0.05, 0) is 45.1 Å². The van der Waals surface area contributed by atoms with Gasteiger partial charge in [0.2, 0.25) is 0 Å². The average molecular weight is 282 g/mol. The fourth-order valence-corrected chi connectivity index (χ4v) is 3.65. The third-order valence-electron chi connectivity index (χ3n) is 4.96. The first-order valence-electron chi connectivity index (χ1n) is 8.33. The Morgan fingerprint density at radius 1 is 1.20 bits per heavy atom. The summed E-state index contributed by atoms with van der Waals surface area (Å²) >= 11 is 0. The minimum absolute atomic E-state index is 0.340. The zero-order valence-electron chi connectivity index (χ0n) is 12.9. The molecule has 4 heteroatoms. The molecule has 3 aliphatic rings. The highest BCUT2D eigenvalue weighted by molar-refractivity contribution is 4.92. The van der Waals surface area contributed by atoms with Gasteiger partial charge in [0.05, 0.1) is 13.2 Å². The second-order valence-electron chi connectivity index (χ2n) is 7.24. The van der Waals surface area contributed by atoms with Crippen molar-refractivity contribution in [3.63, 3.8) is 0 Å². The van der Waals surface area contributed by atoms with E-state index in [4.69, 9.17) is 9.47 Å². The Morgan fingerprint density at radius 3 is 2.75 bits per heavy atom. The smallest absolute Gasteiger partial charge is 0.0547 e. The predicted molar refractivity (Wildman–Crippen MR) is 79.9 cm³/mol. The van der Waals surface area contributed by atoms with Crippen LogP contribution in [0.1, 0.15) is 32.1 Å². The number of nitrogens with one attached hydrogen (secondary N) is 1. The van der Waals surface area contributed by atoms with Crippen LogP contribution in [-0.4, -0.2) is 64.1 Å². The molecule has 1 aliphatic carbocycles. The van der Waals surface area contributed by atoms with Crippen LogP contribution in [-0.2, 0) is 9.47 Å². The fourth-order valence-electron chi connectivity index (χ4n) is 3.65. The molecule has 0 aromatic rings. The highest BCUT2D eigenvalue weighted by atomic mass is 16.5. The van der Waals surface area contributed by atoms with Crippen molar-refractivity contribution < 1.29 is 9.47 Å². The summed E-state index contributed by atoms with van der Waals surface area (Å²) in [5, 5.41) is 3.72. The minimum Gasteiger partial charge on any atom is -0.381 e. The fraction of sp³-hybridized carbons (Fsp3) is 1.00. The zero-order chi connectivity index (χ0) is 13.8. The molecule has 20 heavy (non-hydrogen) atoms. The minimum atomic E-state index is 0.340. The normalized spacial score (nSPS) is 34.8. The van der Waals surface area contributed by atoms with E-state index in [2.05, 4.69) is 17.3 Å². The number of hydrogen-bond donors (Lipinski definition) is 1. The largest absolute Gasteiger partial charge is 0.381 e. The summed E-state index contributed by atoms with van der Waals surface area (Å²) in [5.74, 6) is 0.726. The number of ether oxygens (including phenoxy) is 2. The molecule has 3 rings (SSSR count). The van der Waals surface area contributed by atoms with Crippen molar-refractivity contribution in [3.8, 4) is 0 Å². The second kappa shape index (κ2) is 6.73. The molecule has 2 aliphatic heterocycles. The molecular weight excluding hydrogens is 252 g/mol. The Kier molecular flexibility index (Phi) is 4.97. The lowest BCUT2D eigenvalue weighted by molar-refractivity contribution is 0.0338. The zero-order valence-corrected chi connectivity index (χ0v) is 12.9. The summed E-state index contributed by atoms with van der Waals surface area (Å²) in [7, 11) is 2.27. The van der Waals surface area contributed by atoms with Gasteiger partial charge < -0.3 is 19.7 Å². The summed E-state index contributed by atoms with van der Waals surface area (Å²) in [4.78, 5) is 2.52. The maximum Gasteiger partial charge on any atom is 0.0547 e. The van der Waals surface area contributed by atoms with Crippen LogP contribution in [0.3, 0.4) is 0 Å². The van der Waals surface area contributed by atoms with Crippen molar-refractivity contribution in [2.75, 3.05) is 53.1 Å². The van der Waals surface area contributed by atoms with Crippen LogP contribution in [0.4, 0.5) is 0 Å². The lowest BCUT2D eigenvalue weighted by atomic mass is 9.86. The molecule has 2 atom stereocenters. The van der Waals surface area contributed by atoms with E-state index in [0.717, 1.165) is 51.5 Å². The topological polar surface area (TPSA) is 33.7 Å². The molecule has 0 aromatic carbocycles. The maximum atomic E-state index is 5.71. The molecule has 2 heterocycles. The lowest BCUT2D eigenvalue weighted by Crippen LogP contribution is -2.45. The highest BCUT2D eigenvalue weighted by Crippen LogP contribution is 2.31. The van der Waals surface area contributed by atoms with Crippen LogP contribution in [0.25, 0.3) is 0 Å². The van der Waals surface area contributed by atoms with Gasteiger partial charge in [0.1, 0.15) is 0 Å². The van der Waals surface area contributed by atoms with E-state index in [1.165, 1.54) is 38.6 Å². The van der Waals surface area contributed by atoms with Gasteiger partial charge in [0.25, 0.3) is 0 Å². The molecule has 0 spiro atoms. The summed E-state index contributed by atoms with van der Waals surface area (Å²) in [6, 6.07) is 0.796. The van der Waals surface area contributed by atoms with Crippen LogP contribution >= 0.6 is 0 Å². The van der Waals surface area contributed by atoms with E-state index in [0.29, 0.717) is 5.41 Å². The van der Waals surface area contributed by atoms with Crippen molar-refractivity contribution >= 4 is 0 Å². The molecule has 2 saturated heterocycles. The monoisotopic (exact) mass is 282 g/mol. The molecule has 0 aromatic heterocycles. The first kappa shape index (κ1) is 14.8. The van der Waals surface area contributed by atoms with Crippen molar-refractivity contribution in [2.24, 2.45) is 11.3 Å². The Hall–Kier alpha value is -0.160. The van der Waals surface area contributed by atoms with Gasteiger partial charge in [-0.2, -0.15) is 0 Å². The Morgan fingerprint density at radius 2 is 2.10 bits per heavy atom. The van der Waals surface area contributed by atoms with Crippen molar-refractivity contribution in [1.29, 1.82) is 0 Å². The van der Waals surface area contributed by atoms with E-state index in [9.17, 15) is 0 Å². The molecule has 0 bridgehead atoms. The first-order chi connectivity index (χ1) is 9.76. The van der Waals surface area contributed by atoms with Crippen LogP contribution in [0, 0.1) is 11.3 Å². The van der Waals surface area contributed by atoms with Crippen LogP contribution < -0.4 is 5.32 Å². The van der Waals surface area contributed by atoms with Crippen LogP contribution in [0.2, 0.25) is 0 Å².